The van der Waals surface area contributed by atoms with Gasteiger partial charge in [-0.3, -0.25) is 0 Å². The summed E-state index contributed by atoms with van der Waals surface area (Å²) in [5.41, 5.74) is 2.99. The number of hydrogen-bond donors (Lipinski definition) is 0. The highest BCUT2D eigenvalue weighted by Crippen LogP contribution is 2.31. The maximum absolute atomic E-state index is 13.5. The molecule has 0 atom stereocenters. The van der Waals surface area contributed by atoms with Crippen molar-refractivity contribution in [3.05, 3.63) is 63.7 Å². The fourth-order valence-corrected chi connectivity index (χ4v) is 3.25. The van der Waals surface area contributed by atoms with Crippen molar-refractivity contribution in [3.8, 4) is 27.9 Å². The van der Waals surface area contributed by atoms with Crippen molar-refractivity contribution >= 4 is 27.3 Å². The van der Waals surface area contributed by atoms with E-state index in [0.717, 1.165) is 21.8 Å². The Morgan fingerprint density at radius 3 is 2.76 bits per heavy atom. The monoisotopic (exact) mass is 358 g/mol. The largest absolute Gasteiger partial charge is 0.236 e. The van der Waals surface area contributed by atoms with E-state index in [1.165, 1.54) is 23.5 Å². The molecule has 21 heavy (non-hydrogen) atoms. The van der Waals surface area contributed by atoms with Gasteiger partial charge >= 0.3 is 0 Å². The quantitative estimate of drug-likeness (QED) is 0.627. The smallest absolute Gasteiger partial charge is 0.125 e. The molecule has 0 spiro atoms. The highest BCUT2D eigenvalue weighted by molar-refractivity contribution is 9.10. The molecule has 2 aromatic carbocycles. The number of rotatable bonds is 2. The average molecular weight is 359 g/mol. The van der Waals surface area contributed by atoms with Gasteiger partial charge in [-0.25, -0.2) is 9.37 Å². The highest BCUT2D eigenvalue weighted by atomic mass is 79.9. The lowest BCUT2D eigenvalue weighted by Gasteiger charge is -1.99. The minimum Gasteiger partial charge on any atom is -0.236 e. The summed E-state index contributed by atoms with van der Waals surface area (Å²) in [5, 5.41) is 11.6. The predicted octanol–water partition coefficient (Wildman–Crippen LogP) is 5.25. The first kappa shape index (κ1) is 13.9. The summed E-state index contributed by atoms with van der Waals surface area (Å²) in [6.07, 6.45) is 0. The van der Waals surface area contributed by atoms with Crippen LogP contribution in [0, 0.1) is 17.1 Å². The second-order valence-electron chi connectivity index (χ2n) is 4.39. The molecule has 0 unspecified atom stereocenters. The third-order valence-electron chi connectivity index (χ3n) is 2.90. The summed E-state index contributed by atoms with van der Waals surface area (Å²) in [6, 6.07) is 14.1. The number of nitriles is 1. The van der Waals surface area contributed by atoms with Crippen LogP contribution in [0.1, 0.15) is 5.56 Å². The maximum atomic E-state index is 13.5. The standard InChI is InChI=1S/C16H8BrFN2S/c17-13-5-12(6-14(18)7-13)16-20-15(9-21-16)11-3-1-2-10(4-11)8-19/h1-7,9H. The second kappa shape index (κ2) is 5.76. The van der Waals surface area contributed by atoms with E-state index in [-0.39, 0.29) is 5.82 Å². The number of aromatic nitrogens is 1. The van der Waals surface area contributed by atoms with Gasteiger partial charge in [-0.1, -0.05) is 28.1 Å². The highest BCUT2D eigenvalue weighted by Gasteiger charge is 2.09. The van der Waals surface area contributed by atoms with Crippen LogP contribution in [0.2, 0.25) is 0 Å². The van der Waals surface area contributed by atoms with Crippen LogP contribution < -0.4 is 0 Å². The van der Waals surface area contributed by atoms with Crippen LogP contribution >= 0.6 is 27.3 Å². The van der Waals surface area contributed by atoms with Crippen LogP contribution in [0.3, 0.4) is 0 Å². The van der Waals surface area contributed by atoms with Crippen LogP contribution in [-0.2, 0) is 0 Å². The zero-order valence-electron chi connectivity index (χ0n) is 10.7. The van der Waals surface area contributed by atoms with Crippen molar-refractivity contribution < 1.29 is 4.39 Å². The average Bonchev–Trinajstić information content (AvgIpc) is 2.96. The summed E-state index contributed by atoms with van der Waals surface area (Å²) in [6.45, 7) is 0. The Labute approximate surface area is 133 Å². The molecule has 0 aliphatic heterocycles. The zero-order valence-corrected chi connectivity index (χ0v) is 13.1. The van der Waals surface area contributed by atoms with Gasteiger partial charge in [-0.15, -0.1) is 11.3 Å². The number of hydrogen-bond acceptors (Lipinski definition) is 3. The molecule has 0 saturated heterocycles. The Morgan fingerprint density at radius 2 is 2.00 bits per heavy atom. The first-order valence-corrected chi connectivity index (χ1v) is 7.75. The molecule has 0 N–H and O–H groups in total. The SMILES string of the molecule is N#Cc1cccc(-c2csc(-c3cc(F)cc(Br)c3)n2)c1. The molecular weight excluding hydrogens is 351 g/mol. The number of nitrogens with zero attached hydrogens (tertiary/aromatic N) is 2. The van der Waals surface area contributed by atoms with E-state index >= 15 is 0 Å². The summed E-state index contributed by atoms with van der Waals surface area (Å²) < 4.78 is 14.1. The van der Waals surface area contributed by atoms with E-state index < -0.39 is 0 Å². The third kappa shape index (κ3) is 3.02. The molecule has 1 aromatic heterocycles. The molecule has 0 saturated carbocycles. The molecule has 1 heterocycles. The molecule has 2 nitrogen and oxygen atoms in total. The van der Waals surface area contributed by atoms with Crippen molar-refractivity contribution in [2.75, 3.05) is 0 Å². The first-order chi connectivity index (χ1) is 10.2. The number of benzene rings is 2. The topological polar surface area (TPSA) is 36.7 Å². The van der Waals surface area contributed by atoms with Gasteiger partial charge in [-0.2, -0.15) is 5.26 Å². The van der Waals surface area contributed by atoms with Gasteiger partial charge in [-0.05, 0) is 30.3 Å². The Kier molecular flexibility index (Phi) is 3.82. The minimum atomic E-state index is -0.303. The van der Waals surface area contributed by atoms with Crippen molar-refractivity contribution in [3.63, 3.8) is 0 Å². The Morgan fingerprint density at radius 1 is 1.14 bits per heavy atom. The molecule has 0 fully saturated rings. The van der Waals surface area contributed by atoms with Gasteiger partial charge in [0.1, 0.15) is 10.8 Å². The van der Waals surface area contributed by atoms with Gasteiger partial charge in [0, 0.05) is 21.0 Å². The molecule has 0 aliphatic rings. The van der Waals surface area contributed by atoms with E-state index in [0.29, 0.717) is 10.0 Å². The number of thiazole rings is 1. The van der Waals surface area contributed by atoms with Crippen molar-refractivity contribution in [2.24, 2.45) is 0 Å². The lowest BCUT2D eigenvalue weighted by atomic mass is 10.1. The Balaban J connectivity index is 2.01. The second-order valence-corrected chi connectivity index (χ2v) is 6.16. The van der Waals surface area contributed by atoms with Crippen molar-refractivity contribution in [1.82, 2.24) is 4.98 Å². The summed E-state index contributed by atoms with van der Waals surface area (Å²) in [7, 11) is 0. The summed E-state index contributed by atoms with van der Waals surface area (Å²) in [4.78, 5) is 4.53. The fourth-order valence-electron chi connectivity index (χ4n) is 1.96. The lowest BCUT2D eigenvalue weighted by Crippen LogP contribution is -1.83. The van der Waals surface area contributed by atoms with Crippen molar-refractivity contribution in [2.45, 2.75) is 0 Å². The number of halogens is 2. The van der Waals surface area contributed by atoms with E-state index in [1.807, 2.05) is 23.6 Å². The summed E-state index contributed by atoms with van der Waals surface area (Å²) >= 11 is 4.73. The molecule has 0 radical (unpaired) electrons. The molecule has 102 valence electrons. The van der Waals surface area contributed by atoms with Gasteiger partial charge in [0.25, 0.3) is 0 Å². The van der Waals surface area contributed by atoms with Crippen LogP contribution in [-0.4, -0.2) is 4.98 Å². The maximum Gasteiger partial charge on any atom is 0.125 e. The van der Waals surface area contributed by atoms with E-state index in [4.69, 9.17) is 5.26 Å². The van der Waals surface area contributed by atoms with E-state index in [9.17, 15) is 4.39 Å². The predicted molar refractivity (Wildman–Crippen MR) is 85.4 cm³/mol. The molecule has 0 bridgehead atoms. The Bertz CT molecular complexity index is 831. The molecular formula is C16H8BrFN2S. The van der Waals surface area contributed by atoms with Crippen LogP contribution in [0.15, 0.2) is 52.3 Å². The molecule has 0 aliphatic carbocycles. The molecule has 0 amide bonds. The van der Waals surface area contributed by atoms with Gasteiger partial charge in [0.15, 0.2) is 0 Å². The third-order valence-corrected chi connectivity index (χ3v) is 4.25. The van der Waals surface area contributed by atoms with Crippen LogP contribution in [0.5, 0.6) is 0 Å². The first-order valence-electron chi connectivity index (χ1n) is 6.08. The van der Waals surface area contributed by atoms with Crippen LogP contribution in [0.4, 0.5) is 4.39 Å². The zero-order chi connectivity index (χ0) is 14.8. The lowest BCUT2D eigenvalue weighted by molar-refractivity contribution is 0.627. The molecule has 3 rings (SSSR count). The Hall–Kier alpha value is -2.03. The van der Waals surface area contributed by atoms with Crippen LogP contribution in [0.25, 0.3) is 21.8 Å². The van der Waals surface area contributed by atoms with Gasteiger partial charge in [0.2, 0.25) is 0 Å². The van der Waals surface area contributed by atoms with E-state index in [1.54, 1.807) is 12.1 Å². The normalized spacial score (nSPS) is 10.3. The fraction of sp³-hybridized carbons (Fsp3) is 0. The molecule has 5 heteroatoms. The van der Waals surface area contributed by atoms with Gasteiger partial charge < -0.3 is 0 Å². The van der Waals surface area contributed by atoms with Crippen molar-refractivity contribution in [1.29, 1.82) is 5.26 Å². The summed E-state index contributed by atoms with van der Waals surface area (Å²) in [5.74, 6) is -0.303. The van der Waals surface area contributed by atoms with E-state index in [2.05, 4.69) is 27.0 Å². The van der Waals surface area contributed by atoms with Gasteiger partial charge in [0.05, 0.1) is 17.3 Å². The minimum absolute atomic E-state index is 0.303. The molecule has 3 aromatic rings.